The minimum Gasteiger partial charge on any atom is -0.496 e. The van der Waals surface area contributed by atoms with E-state index in [0.29, 0.717) is 11.4 Å². The standard InChI is InChI=1S/C19H20BrNO3/c1-13(2)24-17-8-6-16(7-9-17)21-19(22)11-4-14-12-15(20)5-10-18(14)23-3/h4-13H,1-3H3,(H,21,22)/b11-4+. The van der Waals surface area contributed by atoms with E-state index in [1.54, 1.807) is 13.2 Å². The van der Waals surface area contributed by atoms with E-state index in [9.17, 15) is 4.79 Å². The number of carbonyl (C=O) groups is 1. The van der Waals surface area contributed by atoms with Crippen molar-refractivity contribution in [2.75, 3.05) is 12.4 Å². The van der Waals surface area contributed by atoms with Gasteiger partial charge >= 0.3 is 0 Å². The molecule has 1 N–H and O–H groups in total. The molecule has 126 valence electrons. The molecule has 0 heterocycles. The van der Waals surface area contributed by atoms with Crippen LogP contribution in [-0.2, 0) is 4.79 Å². The van der Waals surface area contributed by atoms with Crippen molar-refractivity contribution >= 4 is 33.6 Å². The number of ether oxygens (including phenoxy) is 2. The van der Waals surface area contributed by atoms with Gasteiger partial charge in [0.15, 0.2) is 0 Å². The first-order valence-electron chi connectivity index (χ1n) is 7.57. The highest BCUT2D eigenvalue weighted by Crippen LogP contribution is 2.24. The van der Waals surface area contributed by atoms with Crippen LogP contribution in [0.3, 0.4) is 0 Å². The van der Waals surface area contributed by atoms with E-state index < -0.39 is 0 Å². The van der Waals surface area contributed by atoms with Crippen LogP contribution in [0.15, 0.2) is 53.0 Å². The summed E-state index contributed by atoms with van der Waals surface area (Å²) in [7, 11) is 1.60. The quantitative estimate of drug-likeness (QED) is 0.714. The number of nitrogens with one attached hydrogen (secondary N) is 1. The molecule has 0 bridgehead atoms. The number of methoxy groups -OCH3 is 1. The predicted octanol–water partition coefficient (Wildman–Crippen LogP) is 4.90. The zero-order valence-electron chi connectivity index (χ0n) is 13.9. The first kappa shape index (κ1) is 18.1. The van der Waals surface area contributed by atoms with Gasteiger partial charge in [-0.25, -0.2) is 0 Å². The highest BCUT2D eigenvalue weighted by Gasteiger charge is 2.03. The molecule has 0 atom stereocenters. The SMILES string of the molecule is COc1ccc(Br)cc1/C=C/C(=O)Nc1ccc(OC(C)C)cc1. The van der Waals surface area contributed by atoms with Crippen molar-refractivity contribution in [1.29, 1.82) is 0 Å². The van der Waals surface area contributed by atoms with Crippen molar-refractivity contribution in [3.63, 3.8) is 0 Å². The zero-order valence-corrected chi connectivity index (χ0v) is 15.5. The molecule has 0 saturated heterocycles. The molecular weight excluding hydrogens is 370 g/mol. The summed E-state index contributed by atoms with van der Waals surface area (Å²) < 4.78 is 11.8. The van der Waals surface area contributed by atoms with Gasteiger partial charge in [0.25, 0.3) is 0 Å². The summed E-state index contributed by atoms with van der Waals surface area (Å²) in [6, 6.07) is 12.9. The van der Waals surface area contributed by atoms with Crippen molar-refractivity contribution < 1.29 is 14.3 Å². The highest BCUT2D eigenvalue weighted by molar-refractivity contribution is 9.10. The van der Waals surface area contributed by atoms with Gasteiger partial charge in [-0.1, -0.05) is 15.9 Å². The lowest BCUT2D eigenvalue weighted by Gasteiger charge is -2.10. The Balaban J connectivity index is 2.01. The zero-order chi connectivity index (χ0) is 17.5. The fourth-order valence-electron chi connectivity index (χ4n) is 2.07. The fourth-order valence-corrected chi connectivity index (χ4v) is 2.45. The van der Waals surface area contributed by atoms with Crippen molar-refractivity contribution in [1.82, 2.24) is 0 Å². The third-order valence-electron chi connectivity index (χ3n) is 3.10. The highest BCUT2D eigenvalue weighted by atomic mass is 79.9. The molecule has 0 spiro atoms. The average molecular weight is 390 g/mol. The van der Waals surface area contributed by atoms with Crippen LogP contribution in [0, 0.1) is 0 Å². The Morgan fingerprint density at radius 2 is 1.88 bits per heavy atom. The topological polar surface area (TPSA) is 47.6 Å². The van der Waals surface area contributed by atoms with Gasteiger partial charge in [0, 0.05) is 21.8 Å². The van der Waals surface area contributed by atoms with Gasteiger partial charge in [-0.15, -0.1) is 0 Å². The summed E-state index contributed by atoms with van der Waals surface area (Å²) in [5.74, 6) is 1.27. The Morgan fingerprint density at radius 3 is 2.50 bits per heavy atom. The molecule has 0 fully saturated rings. The molecule has 0 aliphatic carbocycles. The third kappa shape index (κ3) is 5.42. The van der Waals surface area contributed by atoms with Crippen LogP contribution in [0.25, 0.3) is 6.08 Å². The lowest BCUT2D eigenvalue weighted by atomic mass is 10.2. The minimum absolute atomic E-state index is 0.119. The summed E-state index contributed by atoms with van der Waals surface area (Å²) in [6.45, 7) is 3.94. The number of hydrogen-bond acceptors (Lipinski definition) is 3. The van der Waals surface area contributed by atoms with Crippen LogP contribution in [-0.4, -0.2) is 19.1 Å². The van der Waals surface area contributed by atoms with Crippen molar-refractivity contribution in [2.24, 2.45) is 0 Å². The average Bonchev–Trinajstić information content (AvgIpc) is 2.54. The van der Waals surface area contributed by atoms with E-state index in [4.69, 9.17) is 9.47 Å². The first-order valence-corrected chi connectivity index (χ1v) is 8.36. The van der Waals surface area contributed by atoms with Crippen molar-refractivity contribution in [3.05, 3.63) is 58.6 Å². The summed E-state index contributed by atoms with van der Waals surface area (Å²) in [5.41, 5.74) is 1.53. The third-order valence-corrected chi connectivity index (χ3v) is 3.59. The maximum absolute atomic E-state index is 12.1. The smallest absolute Gasteiger partial charge is 0.248 e. The lowest BCUT2D eigenvalue weighted by molar-refractivity contribution is -0.111. The number of benzene rings is 2. The molecule has 0 aliphatic heterocycles. The minimum atomic E-state index is -0.213. The molecule has 0 radical (unpaired) electrons. The summed E-state index contributed by atoms with van der Waals surface area (Å²) in [5, 5.41) is 2.81. The Morgan fingerprint density at radius 1 is 1.17 bits per heavy atom. The second-order valence-electron chi connectivity index (χ2n) is 5.40. The number of carbonyl (C=O) groups excluding carboxylic acids is 1. The molecule has 1 amide bonds. The van der Waals surface area contributed by atoms with Crippen LogP contribution in [0.2, 0.25) is 0 Å². The number of anilines is 1. The van der Waals surface area contributed by atoms with Crippen LogP contribution >= 0.6 is 15.9 Å². The maximum atomic E-state index is 12.1. The van der Waals surface area contributed by atoms with E-state index in [-0.39, 0.29) is 12.0 Å². The predicted molar refractivity (Wildman–Crippen MR) is 101 cm³/mol. The Hall–Kier alpha value is -2.27. The van der Waals surface area contributed by atoms with E-state index in [2.05, 4.69) is 21.2 Å². The van der Waals surface area contributed by atoms with Gasteiger partial charge in [-0.05, 0) is 62.4 Å². The van der Waals surface area contributed by atoms with Crippen LogP contribution in [0.4, 0.5) is 5.69 Å². The monoisotopic (exact) mass is 389 g/mol. The second-order valence-corrected chi connectivity index (χ2v) is 6.32. The van der Waals surface area contributed by atoms with Gasteiger partial charge in [-0.3, -0.25) is 4.79 Å². The summed E-state index contributed by atoms with van der Waals surface area (Å²) in [6.07, 6.45) is 3.31. The van der Waals surface area contributed by atoms with Crippen LogP contribution < -0.4 is 14.8 Å². The van der Waals surface area contributed by atoms with Crippen LogP contribution in [0.5, 0.6) is 11.5 Å². The maximum Gasteiger partial charge on any atom is 0.248 e. The molecule has 0 unspecified atom stereocenters. The van der Waals surface area contributed by atoms with Crippen molar-refractivity contribution in [3.8, 4) is 11.5 Å². The largest absolute Gasteiger partial charge is 0.496 e. The fraction of sp³-hybridized carbons (Fsp3) is 0.211. The molecule has 24 heavy (non-hydrogen) atoms. The Labute approximate surface area is 150 Å². The van der Waals surface area contributed by atoms with E-state index in [0.717, 1.165) is 15.8 Å². The number of amides is 1. The summed E-state index contributed by atoms with van der Waals surface area (Å²) >= 11 is 3.41. The van der Waals surface area contributed by atoms with Gasteiger partial charge < -0.3 is 14.8 Å². The molecule has 4 nitrogen and oxygen atoms in total. The molecule has 2 aromatic rings. The summed E-state index contributed by atoms with van der Waals surface area (Å²) in [4.78, 5) is 12.1. The molecule has 5 heteroatoms. The number of hydrogen-bond donors (Lipinski definition) is 1. The van der Waals surface area contributed by atoms with Gasteiger partial charge in [0.2, 0.25) is 5.91 Å². The molecule has 0 aliphatic rings. The number of rotatable bonds is 6. The normalized spacial score (nSPS) is 10.9. The van der Waals surface area contributed by atoms with Crippen LogP contribution in [0.1, 0.15) is 19.4 Å². The van der Waals surface area contributed by atoms with Gasteiger partial charge in [-0.2, -0.15) is 0 Å². The van der Waals surface area contributed by atoms with E-state index in [1.165, 1.54) is 6.08 Å². The molecule has 0 aromatic heterocycles. The second kappa shape index (κ2) is 8.55. The van der Waals surface area contributed by atoms with Crippen molar-refractivity contribution in [2.45, 2.75) is 20.0 Å². The number of halogens is 1. The molecular formula is C19H20BrNO3. The lowest BCUT2D eigenvalue weighted by Crippen LogP contribution is -2.08. The van der Waals surface area contributed by atoms with Gasteiger partial charge in [0.05, 0.1) is 13.2 Å². The van der Waals surface area contributed by atoms with Gasteiger partial charge in [0.1, 0.15) is 11.5 Å². The van der Waals surface area contributed by atoms with E-state index >= 15 is 0 Å². The molecule has 0 saturated carbocycles. The molecule has 2 aromatic carbocycles. The first-order chi connectivity index (χ1) is 11.5. The Bertz CT molecular complexity index is 724. The van der Waals surface area contributed by atoms with E-state index in [1.807, 2.05) is 56.3 Å². The molecule has 2 rings (SSSR count). The Kier molecular flexibility index (Phi) is 6.44.